The summed E-state index contributed by atoms with van der Waals surface area (Å²) in [4.78, 5) is 5.26. The van der Waals surface area contributed by atoms with Crippen LogP contribution in [0.3, 0.4) is 0 Å². The van der Waals surface area contributed by atoms with Crippen molar-refractivity contribution in [3.05, 3.63) is 83.2 Å². The van der Waals surface area contributed by atoms with Crippen LogP contribution in [0.2, 0.25) is 0 Å². The summed E-state index contributed by atoms with van der Waals surface area (Å²) >= 11 is 0. The zero-order valence-corrected chi connectivity index (χ0v) is 18.8. The van der Waals surface area contributed by atoms with Crippen LogP contribution in [-0.4, -0.2) is 23.2 Å². The van der Waals surface area contributed by atoms with Gasteiger partial charge in [0.15, 0.2) is 5.52 Å². The van der Waals surface area contributed by atoms with E-state index in [9.17, 15) is 10.4 Å². The van der Waals surface area contributed by atoms with Crippen LogP contribution in [0, 0.1) is 10.4 Å². The molecule has 2 heterocycles. The molecule has 5 rings (SSSR count). The second-order valence-electron chi connectivity index (χ2n) is 8.27. The maximum atomic E-state index is 12.4. The summed E-state index contributed by atoms with van der Waals surface area (Å²) in [5, 5.41) is 37.2. The van der Waals surface area contributed by atoms with Crippen LogP contribution in [0.5, 0.6) is 0 Å². The highest BCUT2D eigenvalue weighted by atomic mass is 16.5. The van der Waals surface area contributed by atoms with Gasteiger partial charge in [0.1, 0.15) is 0 Å². The highest BCUT2D eigenvalue weighted by Crippen LogP contribution is 2.30. The van der Waals surface area contributed by atoms with Crippen LogP contribution in [-0.2, 0) is 0 Å². The fourth-order valence-corrected chi connectivity index (χ4v) is 4.25. The molecule has 3 aromatic carbocycles. The maximum absolute atomic E-state index is 12.4. The molecule has 2 aromatic heterocycles. The first kappa shape index (κ1) is 21.6. The summed E-state index contributed by atoms with van der Waals surface area (Å²) in [6.07, 6.45) is 3.98. The van der Waals surface area contributed by atoms with Gasteiger partial charge in [-0.15, -0.1) is 0 Å². The fraction of sp³-hybridized carbons (Fsp3) is 0.231. The molecule has 0 amide bonds. The first-order valence-electron chi connectivity index (χ1n) is 11.6. The molecule has 8 heteroatoms. The van der Waals surface area contributed by atoms with Gasteiger partial charge in [0.25, 0.3) is 5.52 Å². The number of benzene rings is 3. The number of nitrogens with one attached hydrogen (secondary N) is 2. The van der Waals surface area contributed by atoms with Gasteiger partial charge in [-0.2, -0.15) is 0 Å². The van der Waals surface area contributed by atoms with E-state index in [2.05, 4.69) is 27.9 Å². The normalized spacial score (nSPS) is 11.3. The summed E-state index contributed by atoms with van der Waals surface area (Å²) in [5.74, 6) is 0.0341. The number of anilines is 2. The molecule has 0 radical (unpaired) electrons. The van der Waals surface area contributed by atoms with E-state index in [-0.39, 0.29) is 11.5 Å². The number of hydrogen-bond donors (Lipinski definition) is 2. The van der Waals surface area contributed by atoms with Gasteiger partial charge >= 0.3 is 5.95 Å². The Morgan fingerprint density at radius 2 is 1.21 bits per heavy atom. The highest BCUT2D eigenvalue weighted by Gasteiger charge is 2.18. The number of hydrogen-bond acceptors (Lipinski definition) is 6. The Kier molecular flexibility index (Phi) is 6.20. The molecule has 0 aliphatic heterocycles. The van der Waals surface area contributed by atoms with Gasteiger partial charge < -0.3 is 15.7 Å². The molecule has 172 valence electrons. The molecule has 34 heavy (non-hydrogen) atoms. The van der Waals surface area contributed by atoms with Crippen molar-refractivity contribution >= 4 is 44.5 Å². The molecule has 0 bridgehead atoms. The Morgan fingerprint density at radius 1 is 0.647 bits per heavy atom. The van der Waals surface area contributed by atoms with E-state index >= 15 is 0 Å². The molecule has 0 unspecified atom stereocenters. The van der Waals surface area contributed by atoms with E-state index in [1.807, 2.05) is 36.4 Å². The van der Waals surface area contributed by atoms with Crippen molar-refractivity contribution < 1.29 is 9.58 Å². The maximum Gasteiger partial charge on any atom is 0.460 e. The van der Waals surface area contributed by atoms with Gasteiger partial charge in [-0.05, 0) is 31.0 Å². The Bertz CT molecular complexity index is 1400. The summed E-state index contributed by atoms with van der Waals surface area (Å²) < 4.78 is 0.678. The summed E-state index contributed by atoms with van der Waals surface area (Å²) in [7, 11) is 0. The van der Waals surface area contributed by atoms with E-state index in [1.165, 1.54) is 0 Å². The van der Waals surface area contributed by atoms with Crippen LogP contribution in [0.1, 0.15) is 25.7 Å². The van der Waals surface area contributed by atoms with Crippen molar-refractivity contribution in [1.82, 2.24) is 10.1 Å². The Balaban J connectivity index is 1.12. The monoisotopic (exact) mass is 454 g/mol. The molecule has 2 N–H and O–H groups in total. The van der Waals surface area contributed by atoms with Gasteiger partial charge in [-0.3, -0.25) is 5.32 Å². The van der Waals surface area contributed by atoms with Crippen LogP contribution in [0.4, 0.5) is 11.6 Å². The molecule has 0 aliphatic rings. The molecule has 0 fully saturated rings. The molecule has 0 saturated heterocycles. The third-order valence-electron chi connectivity index (χ3n) is 5.96. The van der Waals surface area contributed by atoms with Crippen LogP contribution in [0.25, 0.3) is 32.8 Å². The number of nitrogens with zero attached hydrogens (tertiary/aromatic N) is 4. The molecule has 0 aliphatic carbocycles. The van der Waals surface area contributed by atoms with Gasteiger partial charge in [0, 0.05) is 28.2 Å². The van der Waals surface area contributed by atoms with Gasteiger partial charge in [-0.25, -0.2) is 9.71 Å². The van der Waals surface area contributed by atoms with Gasteiger partial charge in [0.2, 0.25) is 5.10 Å². The van der Waals surface area contributed by atoms with Crippen LogP contribution < -0.4 is 20.2 Å². The molecule has 0 atom stereocenters. The van der Waals surface area contributed by atoms with E-state index < -0.39 is 0 Å². The van der Waals surface area contributed by atoms with Gasteiger partial charge in [-0.1, -0.05) is 61.4 Å². The van der Waals surface area contributed by atoms with Crippen LogP contribution >= 0.6 is 0 Å². The van der Waals surface area contributed by atoms with Crippen molar-refractivity contribution in [2.75, 3.05) is 23.7 Å². The summed E-state index contributed by atoms with van der Waals surface area (Å²) in [6, 6.07) is 23.1. The first-order valence-corrected chi connectivity index (χ1v) is 11.6. The molecular formula is C26H26N6O2. The van der Waals surface area contributed by atoms with Crippen molar-refractivity contribution in [2.45, 2.75) is 25.7 Å². The highest BCUT2D eigenvalue weighted by molar-refractivity contribution is 6.07. The number of fused-ring (bicyclic) bond motifs is 3. The van der Waals surface area contributed by atoms with Crippen molar-refractivity contribution in [3.63, 3.8) is 0 Å². The fourth-order valence-electron chi connectivity index (χ4n) is 4.25. The lowest BCUT2D eigenvalue weighted by Crippen LogP contribution is -2.44. The lowest BCUT2D eigenvalue weighted by atomic mass is 10.1. The minimum absolute atomic E-state index is 0.0341. The smallest absolute Gasteiger partial charge is 0.460 e. The lowest BCUT2D eigenvalue weighted by molar-refractivity contribution is -0.672. The first-order chi connectivity index (χ1) is 16.7. The summed E-state index contributed by atoms with van der Waals surface area (Å²) in [5.41, 5.74) is 3.68. The molecule has 8 nitrogen and oxygen atoms in total. The average Bonchev–Trinajstić information content (AvgIpc) is 2.87. The molecular weight excluding hydrogens is 428 g/mol. The van der Waals surface area contributed by atoms with Crippen LogP contribution in [0.15, 0.2) is 72.8 Å². The zero-order chi connectivity index (χ0) is 23.3. The Labute approximate surface area is 197 Å². The third kappa shape index (κ3) is 4.34. The van der Waals surface area contributed by atoms with E-state index in [1.54, 1.807) is 24.3 Å². The lowest BCUT2D eigenvalue weighted by Gasteiger charge is -2.13. The standard InChI is InChI=1S/C26H26N6O2/c33-31-23-15-7-8-16-24(23)32(34)30-26(31)28-18-10-2-1-9-17-27-25-19-11-3-5-13-21(19)29-22-14-6-4-12-20(22)25/h3-8,11-16H,1-2,9-10,17-18H2,(H,27,29)(H,28,30). The minimum atomic E-state index is 0.0341. The number of unbranched alkanes of at least 4 members (excludes halogenated alkanes) is 3. The summed E-state index contributed by atoms with van der Waals surface area (Å²) in [6.45, 7) is 1.45. The Hall–Kier alpha value is -4.20. The number of rotatable bonds is 9. The van der Waals surface area contributed by atoms with E-state index in [4.69, 9.17) is 4.98 Å². The van der Waals surface area contributed by atoms with Crippen molar-refractivity contribution in [2.24, 2.45) is 0 Å². The van der Waals surface area contributed by atoms with E-state index in [0.29, 0.717) is 21.6 Å². The van der Waals surface area contributed by atoms with Crippen molar-refractivity contribution in [3.8, 4) is 0 Å². The quantitative estimate of drug-likeness (QED) is 0.149. The number of para-hydroxylation sites is 4. The molecule has 0 saturated carbocycles. The number of aromatic nitrogens is 4. The average molecular weight is 455 g/mol. The largest absolute Gasteiger partial charge is 0.739 e. The second kappa shape index (κ2) is 9.74. The van der Waals surface area contributed by atoms with E-state index in [0.717, 1.165) is 59.7 Å². The third-order valence-corrected chi connectivity index (χ3v) is 5.96. The zero-order valence-electron chi connectivity index (χ0n) is 18.8. The molecule has 5 aromatic rings. The SMILES string of the molecule is [O-][n+]1nc(NCCCCCCNc2c3ccccc3nc3ccccc23)[n+]([O-])c2ccccc21. The predicted octanol–water partition coefficient (Wildman–Crippen LogP) is 4.29. The number of pyridine rings is 1. The van der Waals surface area contributed by atoms with Crippen molar-refractivity contribution in [1.29, 1.82) is 0 Å². The second-order valence-corrected chi connectivity index (χ2v) is 8.27. The molecule has 0 spiro atoms. The van der Waals surface area contributed by atoms with Gasteiger partial charge in [0.05, 0.1) is 23.3 Å². The minimum Gasteiger partial charge on any atom is -0.739 e. The Morgan fingerprint density at radius 3 is 1.88 bits per heavy atom. The topological polar surface area (TPSA) is 104 Å². The predicted molar refractivity (Wildman–Crippen MR) is 134 cm³/mol.